The maximum absolute atomic E-state index is 10.5. The van der Waals surface area contributed by atoms with Crippen molar-refractivity contribution in [3.8, 4) is 0 Å². The fourth-order valence-electron chi connectivity index (χ4n) is 0.347. The fourth-order valence-corrected chi connectivity index (χ4v) is 0.347. The van der Waals surface area contributed by atoms with Crippen LogP contribution in [0.4, 0.5) is 0 Å². The first kappa shape index (κ1) is 7.41. The molecule has 0 saturated heterocycles. The zero-order valence-corrected chi connectivity index (χ0v) is 5.69. The lowest BCUT2D eigenvalue weighted by molar-refractivity contribution is -0.119. The second-order valence-corrected chi connectivity index (χ2v) is 2.18. The molecule has 0 aromatic heterocycles. The Labute approximate surface area is 50.4 Å². The lowest BCUT2D eigenvalue weighted by Crippen LogP contribution is -2.05. The largest absolute Gasteiger partial charge is 0.299 e. The number of allylic oxidation sites excluding steroid dienone is 1. The number of carbonyl (C=O) groups excluding carboxylic acids is 1. The Kier molecular flexibility index (Phi) is 2.46. The molecule has 0 amide bonds. The normalized spacial score (nSPS) is 12.9. The summed E-state index contributed by atoms with van der Waals surface area (Å²) in [6.07, 6.45) is 0. The van der Waals surface area contributed by atoms with Crippen LogP contribution in [0.2, 0.25) is 0 Å². The summed E-state index contributed by atoms with van der Waals surface area (Å²) in [6.45, 7) is 8.97. The average Bonchev–Trinajstić information content (AvgIpc) is 1.64. The molecule has 0 aromatic carbocycles. The summed E-state index contributed by atoms with van der Waals surface area (Å²) in [4.78, 5) is 10.5. The first-order valence-corrected chi connectivity index (χ1v) is 2.71. The van der Waals surface area contributed by atoms with Crippen LogP contribution in [0.15, 0.2) is 12.2 Å². The van der Waals surface area contributed by atoms with Gasteiger partial charge in [0.1, 0.15) is 5.78 Å². The topological polar surface area (TPSA) is 17.1 Å². The molecular formula is C7H12O. The Hall–Kier alpha value is -0.590. The molecule has 0 aliphatic carbocycles. The Balaban J connectivity index is 3.83. The summed E-state index contributed by atoms with van der Waals surface area (Å²) >= 11 is 0. The molecule has 0 saturated carbocycles. The van der Waals surface area contributed by atoms with E-state index in [1.165, 1.54) is 0 Å². The molecule has 1 atom stereocenters. The molecule has 0 aliphatic rings. The van der Waals surface area contributed by atoms with Crippen molar-refractivity contribution < 1.29 is 4.79 Å². The van der Waals surface area contributed by atoms with Gasteiger partial charge < -0.3 is 0 Å². The van der Waals surface area contributed by atoms with Crippen LogP contribution in [0.5, 0.6) is 0 Å². The number of hydrogen-bond donors (Lipinski definition) is 0. The maximum atomic E-state index is 10.5. The molecule has 46 valence electrons. The van der Waals surface area contributed by atoms with Crippen molar-refractivity contribution in [2.75, 3.05) is 0 Å². The van der Waals surface area contributed by atoms with Crippen LogP contribution < -0.4 is 0 Å². The Morgan fingerprint density at radius 1 is 1.50 bits per heavy atom. The van der Waals surface area contributed by atoms with Crippen LogP contribution >= 0.6 is 0 Å². The third-order valence-electron chi connectivity index (χ3n) is 1.35. The van der Waals surface area contributed by atoms with E-state index < -0.39 is 0 Å². The van der Waals surface area contributed by atoms with E-state index in [4.69, 9.17) is 0 Å². The monoisotopic (exact) mass is 112 g/mol. The molecule has 0 heterocycles. The van der Waals surface area contributed by atoms with Crippen LogP contribution in [-0.4, -0.2) is 5.78 Å². The van der Waals surface area contributed by atoms with Gasteiger partial charge in [-0.3, -0.25) is 4.79 Å². The highest BCUT2D eigenvalue weighted by atomic mass is 16.1. The molecule has 0 fully saturated rings. The molecule has 0 N–H and O–H groups in total. The molecule has 1 nitrogen and oxygen atoms in total. The van der Waals surface area contributed by atoms with Gasteiger partial charge in [-0.1, -0.05) is 19.1 Å². The quantitative estimate of drug-likeness (QED) is 0.498. The van der Waals surface area contributed by atoms with Gasteiger partial charge in [-0.15, -0.1) is 0 Å². The van der Waals surface area contributed by atoms with Gasteiger partial charge in [0.05, 0.1) is 0 Å². The van der Waals surface area contributed by atoms with E-state index >= 15 is 0 Å². The second kappa shape index (κ2) is 2.65. The summed E-state index contributed by atoms with van der Waals surface area (Å²) in [7, 11) is 0. The SMILES string of the molecule is C=C(C)C(C)C(C)=O. The first-order chi connectivity index (χ1) is 3.55. The third-order valence-corrected chi connectivity index (χ3v) is 1.35. The van der Waals surface area contributed by atoms with Gasteiger partial charge in [0.15, 0.2) is 0 Å². The Morgan fingerprint density at radius 3 is 1.88 bits per heavy atom. The molecule has 0 spiro atoms. The Morgan fingerprint density at radius 2 is 1.88 bits per heavy atom. The van der Waals surface area contributed by atoms with Crippen LogP contribution in [0.3, 0.4) is 0 Å². The van der Waals surface area contributed by atoms with Crippen molar-refractivity contribution in [2.45, 2.75) is 20.8 Å². The minimum Gasteiger partial charge on any atom is -0.299 e. The van der Waals surface area contributed by atoms with Crippen LogP contribution in [0, 0.1) is 5.92 Å². The smallest absolute Gasteiger partial charge is 0.136 e. The minimum absolute atomic E-state index is 0.0370. The number of Topliss-reactive ketones (excluding diaryl/α,β-unsaturated/α-hetero) is 1. The van der Waals surface area contributed by atoms with Gasteiger partial charge in [0.2, 0.25) is 0 Å². The summed E-state index contributed by atoms with van der Waals surface area (Å²) in [5.74, 6) is 0.229. The van der Waals surface area contributed by atoms with Crippen LogP contribution in [0.25, 0.3) is 0 Å². The average molecular weight is 112 g/mol. The van der Waals surface area contributed by atoms with Gasteiger partial charge >= 0.3 is 0 Å². The highest BCUT2D eigenvalue weighted by molar-refractivity contribution is 5.80. The molecule has 0 bridgehead atoms. The van der Waals surface area contributed by atoms with Crippen LogP contribution in [0.1, 0.15) is 20.8 Å². The van der Waals surface area contributed by atoms with E-state index in [2.05, 4.69) is 6.58 Å². The van der Waals surface area contributed by atoms with Gasteiger partial charge in [-0.25, -0.2) is 0 Å². The van der Waals surface area contributed by atoms with Crippen molar-refractivity contribution >= 4 is 5.78 Å². The van der Waals surface area contributed by atoms with E-state index in [1.54, 1.807) is 6.92 Å². The van der Waals surface area contributed by atoms with E-state index in [0.717, 1.165) is 5.57 Å². The molecule has 8 heavy (non-hydrogen) atoms. The van der Waals surface area contributed by atoms with Gasteiger partial charge in [-0.05, 0) is 13.8 Å². The highest BCUT2D eigenvalue weighted by Gasteiger charge is 2.05. The number of rotatable bonds is 2. The molecule has 0 aromatic rings. The summed E-state index contributed by atoms with van der Waals surface area (Å²) in [5, 5.41) is 0. The second-order valence-electron chi connectivity index (χ2n) is 2.18. The predicted molar refractivity (Wildman–Crippen MR) is 34.7 cm³/mol. The fraction of sp³-hybridized carbons (Fsp3) is 0.571. The van der Waals surface area contributed by atoms with Gasteiger partial charge in [0.25, 0.3) is 0 Å². The molecular weight excluding hydrogens is 100 g/mol. The number of ketones is 1. The van der Waals surface area contributed by atoms with Crippen LogP contribution in [-0.2, 0) is 4.79 Å². The van der Waals surface area contributed by atoms with Gasteiger partial charge in [-0.2, -0.15) is 0 Å². The standard InChI is InChI=1S/C7H12O/c1-5(2)6(3)7(4)8/h6H,1H2,2-4H3. The van der Waals surface area contributed by atoms with E-state index in [1.807, 2.05) is 13.8 Å². The molecule has 0 rings (SSSR count). The lowest BCUT2D eigenvalue weighted by Gasteiger charge is -2.03. The van der Waals surface area contributed by atoms with Crippen molar-refractivity contribution in [1.82, 2.24) is 0 Å². The summed E-state index contributed by atoms with van der Waals surface area (Å²) < 4.78 is 0. The molecule has 1 unspecified atom stereocenters. The van der Waals surface area contributed by atoms with E-state index in [0.29, 0.717) is 0 Å². The van der Waals surface area contributed by atoms with Gasteiger partial charge in [0, 0.05) is 5.92 Å². The maximum Gasteiger partial charge on any atom is 0.136 e. The van der Waals surface area contributed by atoms with E-state index in [9.17, 15) is 4.79 Å². The van der Waals surface area contributed by atoms with Crippen molar-refractivity contribution in [2.24, 2.45) is 5.92 Å². The predicted octanol–water partition coefficient (Wildman–Crippen LogP) is 1.79. The zero-order chi connectivity index (χ0) is 6.73. The molecule has 1 heteroatoms. The van der Waals surface area contributed by atoms with E-state index in [-0.39, 0.29) is 11.7 Å². The number of hydrogen-bond acceptors (Lipinski definition) is 1. The summed E-state index contributed by atoms with van der Waals surface area (Å²) in [5.41, 5.74) is 0.942. The van der Waals surface area contributed by atoms with Crippen molar-refractivity contribution in [3.63, 3.8) is 0 Å². The molecule has 0 radical (unpaired) electrons. The minimum atomic E-state index is 0.0370. The number of carbonyl (C=O) groups is 1. The first-order valence-electron chi connectivity index (χ1n) is 2.71. The lowest BCUT2D eigenvalue weighted by atomic mass is 10.0. The Bertz CT molecular complexity index is 99.6. The summed E-state index contributed by atoms with van der Waals surface area (Å²) in [6, 6.07) is 0. The highest BCUT2D eigenvalue weighted by Crippen LogP contribution is 2.06. The van der Waals surface area contributed by atoms with Crippen molar-refractivity contribution in [3.05, 3.63) is 12.2 Å². The molecule has 0 aliphatic heterocycles. The third kappa shape index (κ3) is 1.92. The zero-order valence-electron chi connectivity index (χ0n) is 5.69. The van der Waals surface area contributed by atoms with Crippen molar-refractivity contribution in [1.29, 1.82) is 0 Å².